The highest BCUT2D eigenvalue weighted by atomic mass is 32.2. The van der Waals surface area contributed by atoms with E-state index in [0.29, 0.717) is 13.0 Å². The summed E-state index contributed by atoms with van der Waals surface area (Å²) in [5.41, 5.74) is 5.90. The van der Waals surface area contributed by atoms with Crippen molar-refractivity contribution < 1.29 is 9.53 Å². The highest BCUT2D eigenvalue weighted by molar-refractivity contribution is 8.00. The molecule has 8 nitrogen and oxygen atoms in total. The van der Waals surface area contributed by atoms with Crippen LogP contribution < -0.4 is 26.6 Å². The maximum atomic E-state index is 13.7. The number of nitrogens with one attached hydrogen (secondary N) is 1. The van der Waals surface area contributed by atoms with Gasteiger partial charge in [0.15, 0.2) is 5.69 Å². The SMILES string of the molecule is CCCCn1c(N)c(N(Cc2ccccc2)C(=O)C(C)Sc2ccc(OC)cc2)c(=O)[nH]c1=O. The van der Waals surface area contributed by atoms with Gasteiger partial charge in [-0.15, -0.1) is 11.8 Å². The minimum atomic E-state index is -0.679. The zero-order valence-corrected chi connectivity index (χ0v) is 20.4. The molecule has 3 aromatic rings. The van der Waals surface area contributed by atoms with Crippen molar-refractivity contribution in [2.45, 2.75) is 49.9 Å². The van der Waals surface area contributed by atoms with E-state index in [1.807, 2.05) is 61.5 Å². The van der Waals surface area contributed by atoms with Gasteiger partial charge in [-0.3, -0.25) is 24.0 Å². The van der Waals surface area contributed by atoms with Gasteiger partial charge in [-0.05, 0) is 43.2 Å². The number of nitrogen functional groups attached to an aromatic ring is 1. The van der Waals surface area contributed by atoms with Gasteiger partial charge in [0.1, 0.15) is 11.6 Å². The van der Waals surface area contributed by atoms with E-state index in [1.54, 1.807) is 14.0 Å². The average molecular weight is 483 g/mol. The Labute approximate surface area is 202 Å². The van der Waals surface area contributed by atoms with Gasteiger partial charge in [0.2, 0.25) is 5.91 Å². The lowest BCUT2D eigenvalue weighted by molar-refractivity contribution is -0.118. The first-order valence-corrected chi connectivity index (χ1v) is 12.0. The number of methoxy groups -OCH3 is 1. The molecule has 1 atom stereocenters. The molecule has 180 valence electrons. The molecule has 1 aromatic heterocycles. The summed E-state index contributed by atoms with van der Waals surface area (Å²) in [4.78, 5) is 43.6. The van der Waals surface area contributed by atoms with Crippen molar-refractivity contribution in [2.24, 2.45) is 0 Å². The van der Waals surface area contributed by atoms with Gasteiger partial charge in [0.25, 0.3) is 5.56 Å². The molecule has 3 rings (SSSR count). The molecule has 0 aliphatic heterocycles. The predicted molar refractivity (Wildman–Crippen MR) is 137 cm³/mol. The second-order valence-corrected chi connectivity index (χ2v) is 9.26. The van der Waals surface area contributed by atoms with Crippen molar-refractivity contribution in [3.05, 3.63) is 81.0 Å². The molecule has 0 aliphatic carbocycles. The molecule has 0 fully saturated rings. The number of carbonyl (C=O) groups excluding carboxylic acids is 1. The van der Waals surface area contributed by atoms with Gasteiger partial charge in [0, 0.05) is 11.4 Å². The number of rotatable bonds is 10. The number of carbonyl (C=O) groups is 1. The van der Waals surface area contributed by atoms with E-state index >= 15 is 0 Å². The first-order valence-electron chi connectivity index (χ1n) is 11.1. The van der Waals surface area contributed by atoms with Crippen LogP contribution in [-0.2, 0) is 17.9 Å². The number of aromatic amines is 1. The normalized spacial score (nSPS) is 11.7. The monoisotopic (exact) mass is 482 g/mol. The van der Waals surface area contributed by atoms with Crippen LogP contribution in [0.4, 0.5) is 11.5 Å². The Hall–Kier alpha value is -3.46. The van der Waals surface area contributed by atoms with Crippen LogP contribution in [0.3, 0.4) is 0 Å². The van der Waals surface area contributed by atoms with E-state index in [9.17, 15) is 14.4 Å². The fourth-order valence-corrected chi connectivity index (χ4v) is 4.47. The minimum absolute atomic E-state index is 0.00636. The maximum Gasteiger partial charge on any atom is 0.330 e. The van der Waals surface area contributed by atoms with E-state index < -0.39 is 16.5 Å². The maximum absolute atomic E-state index is 13.7. The summed E-state index contributed by atoms with van der Waals surface area (Å²) in [6.07, 6.45) is 1.56. The molecule has 0 radical (unpaired) electrons. The second kappa shape index (κ2) is 11.6. The number of aromatic nitrogens is 2. The summed E-state index contributed by atoms with van der Waals surface area (Å²) in [6, 6.07) is 16.8. The third-order valence-electron chi connectivity index (χ3n) is 5.39. The lowest BCUT2D eigenvalue weighted by Gasteiger charge is -2.27. The summed E-state index contributed by atoms with van der Waals surface area (Å²) in [5.74, 6) is 0.429. The van der Waals surface area contributed by atoms with E-state index in [2.05, 4.69) is 4.98 Å². The molecule has 0 spiro atoms. The molecule has 3 N–H and O–H groups in total. The highest BCUT2D eigenvalue weighted by Gasteiger charge is 2.28. The van der Waals surface area contributed by atoms with Gasteiger partial charge in [-0.25, -0.2) is 4.79 Å². The first kappa shape index (κ1) is 25.2. The quantitative estimate of drug-likeness (QED) is 0.427. The van der Waals surface area contributed by atoms with Crippen LogP contribution in [0.1, 0.15) is 32.3 Å². The molecule has 34 heavy (non-hydrogen) atoms. The summed E-state index contributed by atoms with van der Waals surface area (Å²) in [7, 11) is 1.59. The van der Waals surface area contributed by atoms with E-state index in [1.165, 1.54) is 21.2 Å². The zero-order valence-electron chi connectivity index (χ0n) is 19.6. The Morgan fingerprint density at radius 2 is 1.82 bits per heavy atom. The predicted octanol–water partition coefficient (Wildman–Crippen LogP) is 3.64. The Balaban J connectivity index is 2.00. The zero-order chi connectivity index (χ0) is 24.7. The number of ether oxygens (including phenoxy) is 1. The number of hydrogen-bond acceptors (Lipinski definition) is 6. The van der Waals surface area contributed by atoms with Gasteiger partial charge in [0.05, 0.1) is 18.9 Å². The number of amides is 1. The van der Waals surface area contributed by atoms with E-state index in [0.717, 1.165) is 22.6 Å². The Kier molecular flexibility index (Phi) is 8.59. The Morgan fingerprint density at radius 3 is 2.44 bits per heavy atom. The molecule has 0 saturated heterocycles. The molecule has 1 amide bonds. The van der Waals surface area contributed by atoms with E-state index in [-0.39, 0.29) is 24.0 Å². The number of thioether (sulfide) groups is 1. The van der Waals surface area contributed by atoms with Crippen LogP contribution in [0.5, 0.6) is 5.75 Å². The molecular weight excluding hydrogens is 452 g/mol. The summed E-state index contributed by atoms with van der Waals surface area (Å²) >= 11 is 1.37. The lowest BCUT2D eigenvalue weighted by atomic mass is 10.2. The fourth-order valence-electron chi connectivity index (χ4n) is 3.54. The van der Waals surface area contributed by atoms with Crippen molar-refractivity contribution in [3.8, 4) is 5.75 Å². The Morgan fingerprint density at radius 1 is 1.15 bits per heavy atom. The van der Waals surface area contributed by atoms with Crippen molar-refractivity contribution in [1.82, 2.24) is 9.55 Å². The summed E-state index contributed by atoms with van der Waals surface area (Å²) in [6.45, 7) is 4.28. The molecule has 1 unspecified atom stereocenters. The van der Waals surface area contributed by atoms with Crippen molar-refractivity contribution >= 4 is 29.2 Å². The van der Waals surface area contributed by atoms with Gasteiger partial charge >= 0.3 is 5.69 Å². The molecule has 0 bridgehead atoms. The lowest BCUT2D eigenvalue weighted by Crippen LogP contribution is -2.43. The number of unbranched alkanes of at least 4 members (excludes halogenated alkanes) is 1. The molecule has 0 aliphatic rings. The molecule has 2 aromatic carbocycles. The van der Waals surface area contributed by atoms with Gasteiger partial charge in [-0.1, -0.05) is 43.7 Å². The molecule has 1 heterocycles. The smallest absolute Gasteiger partial charge is 0.330 e. The van der Waals surface area contributed by atoms with Gasteiger partial charge < -0.3 is 10.5 Å². The fraction of sp³-hybridized carbons (Fsp3) is 0.320. The van der Waals surface area contributed by atoms with Crippen LogP contribution in [-0.4, -0.2) is 27.8 Å². The van der Waals surface area contributed by atoms with Crippen molar-refractivity contribution in [1.29, 1.82) is 0 Å². The van der Waals surface area contributed by atoms with Gasteiger partial charge in [-0.2, -0.15) is 0 Å². The van der Waals surface area contributed by atoms with E-state index in [4.69, 9.17) is 10.5 Å². The largest absolute Gasteiger partial charge is 0.497 e. The van der Waals surface area contributed by atoms with Crippen LogP contribution in [0, 0.1) is 0 Å². The van der Waals surface area contributed by atoms with Crippen molar-refractivity contribution in [3.63, 3.8) is 0 Å². The highest BCUT2D eigenvalue weighted by Crippen LogP contribution is 2.29. The first-order chi connectivity index (χ1) is 16.3. The topological polar surface area (TPSA) is 110 Å². The molecule has 0 saturated carbocycles. The minimum Gasteiger partial charge on any atom is -0.497 e. The number of hydrogen-bond donors (Lipinski definition) is 2. The third kappa shape index (κ3) is 5.91. The number of H-pyrrole nitrogens is 1. The number of anilines is 2. The third-order valence-corrected chi connectivity index (χ3v) is 6.49. The standard InChI is InChI=1S/C25H30N4O4S/c1-4-5-15-28-22(26)21(23(30)27-25(28)32)29(16-18-9-7-6-8-10-18)24(31)17(2)34-20-13-11-19(33-3)12-14-20/h6-14,17H,4-5,15-16,26H2,1-3H3,(H,27,30,32). The van der Waals surface area contributed by atoms with Crippen molar-refractivity contribution in [2.75, 3.05) is 17.7 Å². The average Bonchev–Trinajstić information content (AvgIpc) is 2.83. The van der Waals surface area contributed by atoms with Crippen LogP contribution in [0.15, 0.2) is 69.1 Å². The van der Waals surface area contributed by atoms with Crippen LogP contribution >= 0.6 is 11.8 Å². The molecular formula is C25H30N4O4S. The second-order valence-electron chi connectivity index (χ2n) is 7.84. The summed E-state index contributed by atoms with van der Waals surface area (Å²) < 4.78 is 6.52. The number of benzene rings is 2. The van der Waals surface area contributed by atoms with Crippen LogP contribution in [0.2, 0.25) is 0 Å². The number of nitrogens with two attached hydrogens (primary N) is 1. The summed E-state index contributed by atoms with van der Waals surface area (Å²) in [5, 5.41) is -0.521. The Bertz CT molecular complexity index is 1220. The number of nitrogens with zero attached hydrogens (tertiary/aromatic N) is 2. The van der Waals surface area contributed by atoms with Crippen LogP contribution in [0.25, 0.3) is 0 Å². The molecule has 9 heteroatoms.